The van der Waals surface area contributed by atoms with Crippen LogP contribution in [0.25, 0.3) is 0 Å². The van der Waals surface area contributed by atoms with Gasteiger partial charge >= 0.3 is 6.09 Å². The maximum absolute atomic E-state index is 10.8. The molecule has 0 radical (unpaired) electrons. The van der Waals surface area contributed by atoms with Gasteiger partial charge in [0.1, 0.15) is 26.1 Å². The molecule has 0 aromatic carbocycles. The van der Waals surface area contributed by atoms with Gasteiger partial charge in [0.15, 0.2) is 8.32 Å². The monoisotopic (exact) mass is 422 g/mol. The van der Waals surface area contributed by atoms with Gasteiger partial charge in [-0.1, -0.05) is 46.3 Å². The molecule has 28 heavy (non-hydrogen) atoms. The van der Waals surface area contributed by atoms with Gasteiger partial charge in [0, 0.05) is 11.8 Å². The molecule has 156 valence electrons. The predicted molar refractivity (Wildman–Crippen MR) is 118 cm³/mol. The van der Waals surface area contributed by atoms with Crippen LogP contribution in [-0.4, -0.2) is 45.8 Å². The first-order valence-corrected chi connectivity index (χ1v) is 15.9. The minimum atomic E-state index is -1.83. The van der Waals surface area contributed by atoms with Crippen LogP contribution in [0, 0.1) is 11.5 Å². The topological polar surface area (TPSA) is 80.7 Å². The highest BCUT2D eigenvalue weighted by Crippen LogP contribution is 2.36. The Hall–Kier alpha value is -1.83. The summed E-state index contributed by atoms with van der Waals surface area (Å²) >= 11 is 0. The third-order valence-electron chi connectivity index (χ3n) is 4.53. The Balaban J connectivity index is 2.89. The van der Waals surface area contributed by atoms with Gasteiger partial charge in [0.05, 0.1) is 13.2 Å². The highest BCUT2D eigenvalue weighted by atomic mass is 28.4. The van der Waals surface area contributed by atoms with Crippen molar-refractivity contribution >= 4 is 22.5 Å². The zero-order valence-corrected chi connectivity index (χ0v) is 20.4. The molecule has 0 aliphatic rings. The fraction of sp³-hybridized carbons (Fsp3) is 0.600. The molecule has 0 aliphatic carbocycles. The highest BCUT2D eigenvalue weighted by molar-refractivity contribution is 6.83. The lowest BCUT2D eigenvalue weighted by Gasteiger charge is -2.36. The number of aromatic nitrogens is 1. The molecule has 0 aliphatic heterocycles. The number of hydrogen-bond donors (Lipinski definition) is 2. The molecule has 1 rings (SSSR count). The van der Waals surface area contributed by atoms with E-state index in [4.69, 9.17) is 14.3 Å². The van der Waals surface area contributed by atoms with Gasteiger partial charge in [-0.05, 0) is 24.2 Å². The summed E-state index contributed by atoms with van der Waals surface area (Å²) in [5.41, 5.74) is 4.60. The number of ether oxygens (including phenoxy) is 1. The molecule has 1 aromatic rings. The normalized spacial score (nSPS) is 12.1. The first-order chi connectivity index (χ1) is 12.7. The van der Waals surface area contributed by atoms with Crippen molar-refractivity contribution in [2.45, 2.75) is 65.1 Å². The Morgan fingerprint density at radius 1 is 1.21 bits per heavy atom. The fourth-order valence-corrected chi connectivity index (χ4v) is 3.43. The number of carboxylic acid groups (broad SMARTS) is 1. The summed E-state index contributed by atoms with van der Waals surface area (Å²) in [5.74, 6) is 3.70. The summed E-state index contributed by atoms with van der Waals surface area (Å²) in [6.07, 6.45) is 0.557. The molecule has 1 aromatic heterocycles. The van der Waals surface area contributed by atoms with E-state index in [1.54, 1.807) is 6.20 Å². The molecule has 2 N–H and O–H groups in total. The summed E-state index contributed by atoms with van der Waals surface area (Å²) in [7, 11) is -3.34. The molecule has 0 bridgehead atoms. The zero-order valence-electron chi connectivity index (χ0n) is 18.4. The number of nitrogens with one attached hydrogen (secondary N) is 1. The highest BCUT2D eigenvalue weighted by Gasteiger charge is 2.36. The second-order valence-corrected chi connectivity index (χ2v) is 18.8. The lowest BCUT2D eigenvalue weighted by Crippen LogP contribution is -2.41. The van der Waals surface area contributed by atoms with E-state index in [0.717, 1.165) is 5.56 Å². The van der Waals surface area contributed by atoms with Gasteiger partial charge in [-0.15, -0.1) is 5.54 Å². The zero-order chi connectivity index (χ0) is 21.6. The lowest BCUT2D eigenvalue weighted by molar-refractivity contribution is 0.192. The molecule has 1 amide bonds. The number of amides is 1. The van der Waals surface area contributed by atoms with E-state index in [2.05, 4.69) is 75.3 Å². The summed E-state index contributed by atoms with van der Waals surface area (Å²) in [4.78, 5) is 15.2. The van der Waals surface area contributed by atoms with Crippen molar-refractivity contribution < 1.29 is 19.1 Å². The van der Waals surface area contributed by atoms with Crippen molar-refractivity contribution in [3.05, 3.63) is 23.5 Å². The number of nitrogens with zero attached hydrogens (tertiary/aromatic N) is 1. The summed E-state index contributed by atoms with van der Waals surface area (Å²) in [5, 5.41) is 11.3. The number of rotatable bonds is 7. The van der Waals surface area contributed by atoms with E-state index >= 15 is 0 Å². The average Bonchev–Trinajstić information content (AvgIpc) is 2.54. The van der Waals surface area contributed by atoms with Gasteiger partial charge in [-0.3, -0.25) is 4.98 Å². The molecular weight excluding hydrogens is 388 g/mol. The van der Waals surface area contributed by atoms with Gasteiger partial charge in [-0.25, -0.2) is 4.79 Å². The van der Waals surface area contributed by atoms with Crippen LogP contribution >= 0.6 is 0 Å². The van der Waals surface area contributed by atoms with Crippen LogP contribution < -0.4 is 10.1 Å². The van der Waals surface area contributed by atoms with Crippen molar-refractivity contribution in [1.29, 1.82) is 0 Å². The molecule has 0 spiro atoms. The van der Waals surface area contributed by atoms with Crippen LogP contribution in [0.4, 0.5) is 4.79 Å². The van der Waals surface area contributed by atoms with Crippen LogP contribution in [-0.2, 0) is 11.0 Å². The van der Waals surface area contributed by atoms with Crippen molar-refractivity contribution in [2.24, 2.45) is 0 Å². The first kappa shape index (κ1) is 24.2. The Labute approximate surface area is 171 Å². The van der Waals surface area contributed by atoms with Crippen molar-refractivity contribution in [3.63, 3.8) is 0 Å². The Morgan fingerprint density at radius 2 is 1.86 bits per heavy atom. The van der Waals surface area contributed by atoms with Gasteiger partial charge in [-0.2, -0.15) is 0 Å². The van der Waals surface area contributed by atoms with Crippen molar-refractivity contribution in [1.82, 2.24) is 10.3 Å². The Bertz CT molecular complexity index is 741. The van der Waals surface area contributed by atoms with Crippen LogP contribution in [0.1, 0.15) is 32.0 Å². The fourth-order valence-electron chi connectivity index (χ4n) is 1.88. The second kappa shape index (κ2) is 9.59. The maximum atomic E-state index is 10.8. The Morgan fingerprint density at radius 3 is 2.39 bits per heavy atom. The van der Waals surface area contributed by atoms with E-state index in [9.17, 15) is 4.79 Å². The van der Waals surface area contributed by atoms with E-state index in [1.165, 1.54) is 0 Å². The molecular formula is C20H34N2O4Si2. The quantitative estimate of drug-likeness (QED) is 0.385. The third-order valence-corrected chi connectivity index (χ3v) is 9.94. The van der Waals surface area contributed by atoms with Crippen LogP contribution in [0.15, 0.2) is 12.3 Å². The number of carbonyl (C=O) groups is 1. The van der Waals surface area contributed by atoms with E-state index in [1.807, 2.05) is 6.07 Å². The van der Waals surface area contributed by atoms with Crippen LogP contribution in [0.5, 0.6) is 5.75 Å². The third kappa shape index (κ3) is 8.46. The van der Waals surface area contributed by atoms with E-state index in [-0.39, 0.29) is 11.6 Å². The number of hydrogen-bond acceptors (Lipinski definition) is 4. The average molecular weight is 423 g/mol. The molecule has 0 unspecified atom stereocenters. The standard InChI is InChI=1S/C20H34N2O4Si2/c1-20(2,3)28(7,8)26-11-10-25-18-13-16(9-12-27(4,5)6)14-21-17(18)15-22-19(23)24/h13-14,22H,10-11,15H2,1-8H3,(H,23,24). The molecule has 0 saturated carbocycles. The summed E-state index contributed by atoms with van der Waals surface area (Å²) < 4.78 is 12.0. The smallest absolute Gasteiger partial charge is 0.404 e. The SMILES string of the molecule is CC(C)(C)[Si](C)(C)OCCOc1cc(C#C[Si](C)(C)C)cnc1CNC(=O)O. The largest absolute Gasteiger partial charge is 0.489 e. The predicted octanol–water partition coefficient (Wildman–Crippen LogP) is 4.48. The lowest BCUT2D eigenvalue weighted by atomic mass is 10.2. The molecule has 0 fully saturated rings. The Kier molecular flexibility index (Phi) is 8.29. The summed E-state index contributed by atoms with van der Waals surface area (Å²) in [6, 6.07) is 1.82. The maximum Gasteiger partial charge on any atom is 0.404 e. The molecule has 8 heteroatoms. The molecule has 1 heterocycles. The van der Waals surface area contributed by atoms with E-state index < -0.39 is 22.5 Å². The molecule has 0 saturated heterocycles. The van der Waals surface area contributed by atoms with Gasteiger partial charge in [0.2, 0.25) is 0 Å². The van der Waals surface area contributed by atoms with E-state index in [0.29, 0.717) is 24.7 Å². The summed E-state index contributed by atoms with van der Waals surface area (Å²) in [6.45, 7) is 18.4. The van der Waals surface area contributed by atoms with Gasteiger partial charge in [0.25, 0.3) is 0 Å². The molecule has 0 atom stereocenters. The van der Waals surface area contributed by atoms with Crippen LogP contribution in [0.2, 0.25) is 37.8 Å². The first-order valence-electron chi connectivity index (χ1n) is 9.47. The van der Waals surface area contributed by atoms with Crippen molar-refractivity contribution in [2.75, 3.05) is 13.2 Å². The minimum Gasteiger partial charge on any atom is -0.489 e. The van der Waals surface area contributed by atoms with Gasteiger partial charge < -0.3 is 19.6 Å². The molecule has 6 nitrogen and oxygen atoms in total. The number of pyridine rings is 1. The minimum absolute atomic E-state index is 0.0789. The second-order valence-electron chi connectivity index (χ2n) is 9.28. The van der Waals surface area contributed by atoms with Crippen LogP contribution in [0.3, 0.4) is 0 Å². The van der Waals surface area contributed by atoms with Crippen molar-refractivity contribution in [3.8, 4) is 17.2 Å².